The molecule has 13 heavy (non-hydrogen) atoms. The summed E-state index contributed by atoms with van der Waals surface area (Å²) in [5.41, 5.74) is 0.488. The van der Waals surface area contributed by atoms with Gasteiger partial charge in [-0.05, 0) is 19.1 Å². The Balaban J connectivity index is 3.03. The summed E-state index contributed by atoms with van der Waals surface area (Å²) in [6, 6.07) is 5.17. The van der Waals surface area contributed by atoms with Gasteiger partial charge in [0, 0.05) is 6.20 Å². The molecule has 0 saturated carbocycles. The van der Waals surface area contributed by atoms with E-state index >= 15 is 0 Å². The molecule has 0 unspecified atom stereocenters. The van der Waals surface area contributed by atoms with E-state index in [0.29, 0.717) is 5.65 Å². The van der Waals surface area contributed by atoms with Crippen molar-refractivity contribution < 1.29 is 5.11 Å². The molecule has 0 aliphatic carbocycles. The van der Waals surface area contributed by atoms with E-state index in [1.54, 1.807) is 31.3 Å². The van der Waals surface area contributed by atoms with Crippen LogP contribution in [0.5, 0.6) is 5.88 Å². The second-order valence-corrected chi connectivity index (χ2v) is 2.79. The van der Waals surface area contributed by atoms with E-state index in [1.807, 2.05) is 0 Å². The summed E-state index contributed by atoms with van der Waals surface area (Å²) in [6.45, 7) is 1.55. The van der Waals surface area contributed by atoms with Gasteiger partial charge in [-0.1, -0.05) is 6.07 Å². The summed E-state index contributed by atoms with van der Waals surface area (Å²) in [7, 11) is 0. The third kappa shape index (κ3) is 1.07. The van der Waals surface area contributed by atoms with E-state index in [2.05, 4.69) is 4.98 Å². The van der Waals surface area contributed by atoms with Crippen molar-refractivity contribution >= 4 is 5.65 Å². The van der Waals surface area contributed by atoms with Crippen LogP contribution in [-0.4, -0.2) is 14.5 Å². The van der Waals surface area contributed by atoms with Gasteiger partial charge in [-0.2, -0.15) is 4.98 Å². The van der Waals surface area contributed by atoms with Crippen LogP contribution in [0.25, 0.3) is 5.65 Å². The topological polar surface area (TPSA) is 54.6 Å². The number of rotatable bonds is 0. The fourth-order valence-electron chi connectivity index (χ4n) is 1.17. The van der Waals surface area contributed by atoms with Crippen molar-refractivity contribution in [3.63, 3.8) is 0 Å². The maximum atomic E-state index is 11.5. The molecule has 0 amide bonds. The van der Waals surface area contributed by atoms with E-state index < -0.39 is 0 Å². The Morgan fingerprint density at radius 2 is 2.23 bits per heavy atom. The third-order valence-electron chi connectivity index (χ3n) is 1.93. The monoisotopic (exact) mass is 176 g/mol. The van der Waals surface area contributed by atoms with Crippen LogP contribution < -0.4 is 5.56 Å². The molecule has 4 nitrogen and oxygen atoms in total. The van der Waals surface area contributed by atoms with Crippen molar-refractivity contribution in [2.24, 2.45) is 0 Å². The van der Waals surface area contributed by atoms with E-state index in [-0.39, 0.29) is 17.0 Å². The molecule has 0 radical (unpaired) electrons. The summed E-state index contributed by atoms with van der Waals surface area (Å²) in [5, 5.41) is 9.27. The van der Waals surface area contributed by atoms with Crippen molar-refractivity contribution in [2.75, 3.05) is 0 Å². The van der Waals surface area contributed by atoms with Crippen molar-refractivity contribution in [3.8, 4) is 5.88 Å². The van der Waals surface area contributed by atoms with Crippen molar-refractivity contribution in [1.82, 2.24) is 9.38 Å². The largest absolute Gasteiger partial charge is 0.493 e. The van der Waals surface area contributed by atoms with E-state index in [4.69, 9.17) is 0 Å². The highest BCUT2D eigenvalue weighted by Gasteiger charge is 2.05. The van der Waals surface area contributed by atoms with Crippen molar-refractivity contribution in [1.29, 1.82) is 0 Å². The van der Waals surface area contributed by atoms with Gasteiger partial charge in [0.1, 0.15) is 5.65 Å². The van der Waals surface area contributed by atoms with Crippen LogP contribution in [0.2, 0.25) is 0 Å². The summed E-state index contributed by atoms with van der Waals surface area (Å²) in [4.78, 5) is 15.4. The maximum absolute atomic E-state index is 11.5. The fraction of sp³-hybridized carbons (Fsp3) is 0.111. The molecular formula is C9H8N2O2. The Morgan fingerprint density at radius 3 is 3.00 bits per heavy atom. The number of pyridine rings is 1. The molecule has 0 aliphatic heterocycles. The summed E-state index contributed by atoms with van der Waals surface area (Å²) >= 11 is 0. The lowest BCUT2D eigenvalue weighted by Gasteiger charge is -2.01. The molecule has 4 heteroatoms. The molecule has 0 atom stereocenters. The lowest BCUT2D eigenvalue weighted by Crippen LogP contribution is -2.16. The first-order valence-corrected chi connectivity index (χ1v) is 3.87. The van der Waals surface area contributed by atoms with Gasteiger partial charge < -0.3 is 5.11 Å². The highest BCUT2D eigenvalue weighted by atomic mass is 16.3. The number of fused-ring (bicyclic) bond motifs is 1. The molecule has 0 spiro atoms. The number of hydrogen-bond donors (Lipinski definition) is 1. The van der Waals surface area contributed by atoms with Gasteiger partial charge in [0.25, 0.3) is 5.56 Å². The first-order valence-electron chi connectivity index (χ1n) is 3.87. The zero-order chi connectivity index (χ0) is 9.42. The standard InChI is InChI=1S/C9H8N2O2/c1-6-8(12)10-7-4-2-3-5-11(7)9(6)13/h2-5,12H,1H3. The smallest absolute Gasteiger partial charge is 0.264 e. The van der Waals surface area contributed by atoms with Crippen LogP contribution in [0.3, 0.4) is 0 Å². The number of aromatic nitrogens is 2. The predicted molar refractivity (Wildman–Crippen MR) is 47.9 cm³/mol. The first-order chi connectivity index (χ1) is 6.20. The fourth-order valence-corrected chi connectivity index (χ4v) is 1.17. The quantitative estimate of drug-likeness (QED) is 0.643. The first kappa shape index (κ1) is 7.79. The molecule has 1 N–H and O–H groups in total. The molecule has 2 rings (SSSR count). The van der Waals surface area contributed by atoms with Gasteiger partial charge in [0.05, 0.1) is 5.56 Å². The van der Waals surface area contributed by atoms with Gasteiger partial charge >= 0.3 is 0 Å². The van der Waals surface area contributed by atoms with Crippen LogP contribution in [0.15, 0.2) is 29.2 Å². The van der Waals surface area contributed by atoms with Crippen LogP contribution in [0.4, 0.5) is 0 Å². The van der Waals surface area contributed by atoms with E-state index in [0.717, 1.165) is 0 Å². The second-order valence-electron chi connectivity index (χ2n) is 2.79. The molecule has 0 bridgehead atoms. The van der Waals surface area contributed by atoms with Gasteiger partial charge in [0.2, 0.25) is 5.88 Å². The summed E-state index contributed by atoms with van der Waals surface area (Å²) < 4.78 is 1.40. The third-order valence-corrected chi connectivity index (χ3v) is 1.93. The Labute approximate surface area is 74.1 Å². The molecule has 0 saturated heterocycles. The van der Waals surface area contributed by atoms with Crippen LogP contribution in [0.1, 0.15) is 5.56 Å². The van der Waals surface area contributed by atoms with Crippen LogP contribution in [0, 0.1) is 6.92 Å². The molecule has 0 fully saturated rings. The minimum absolute atomic E-state index is 0.198. The SMILES string of the molecule is Cc1c(O)nc2ccccn2c1=O. The molecule has 0 aliphatic rings. The zero-order valence-corrected chi connectivity index (χ0v) is 7.06. The van der Waals surface area contributed by atoms with Gasteiger partial charge in [0.15, 0.2) is 0 Å². The highest BCUT2D eigenvalue weighted by molar-refractivity contribution is 5.41. The number of hydrogen-bond acceptors (Lipinski definition) is 3. The molecular weight excluding hydrogens is 168 g/mol. The molecule has 66 valence electrons. The second kappa shape index (κ2) is 2.58. The Kier molecular flexibility index (Phi) is 1.55. The molecule has 0 aromatic carbocycles. The number of nitrogens with zero attached hydrogens (tertiary/aromatic N) is 2. The van der Waals surface area contributed by atoms with E-state index in [9.17, 15) is 9.90 Å². The molecule has 2 aromatic heterocycles. The average Bonchev–Trinajstić information content (AvgIpc) is 2.15. The normalized spacial score (nSPS) is 10.5. The molecule has 2 aromatic rings. The summed E-state index contributed by atoms with van der Waals surface area (Å²) in [5.74, 6) is -0.198. The Bertz CT molecular complexity index is 516. The lowest BCUT2D eigenvalue weighted by molar-refractivity contribution is 0.448. The lowest BCUT2D eigenvalue weighted by atomic mass is 10.3. The zero-order valence-electron chi connectivity index (χ0n) is 7.06. The van der Waals surface area contributed by atoms with Gasteiger partial charge in [-0.3, -0.25) is 9.20 Å². The van der Waals surface area contributed by atoms with Gasteiger partial charge in [-0.15, -0.1) is 0 Å². The van der Waals surface area contributed by atoms with Gasteiger partial charge in [-0.25, -0.2) is 0 Å². The Morgan fingerprint density at radius 1 is 1.46 bits per heavy atom. The Hall–Kier alpha value is -1.84. The minimum Gasteiger partial charge on any atom is -0.493 e. The minimum atomic E-state index is -0.233. The number of aromatic hydroxyl groups is 1. The van der Waals surface area contributed by atoms with Crippen molar-refractivity contribution in [3.05, 3.63) is 40.3 Å². The van der Waals surface area contributed by atoms with Crippen LogP contribution >= 0.6 is 0 Å². The summed E-state index contributed by atoms with van der Waals surface area (Å²) in [6.07, 6.45) is 1.62. The van der Waals surface area contributed by atoms with Crippen LogP contribution in [-0.2, 0) is 0 Å². The maximum Gasteiger partial charge on any atom is 0.264 e. The highest BCUT2D eigenvalue weighted by Crippen LogP contribution is 2.08. The molecule has 2 heterocycles. The van der Waals surface area contributed by atoms with E-state index in [1.165, 1.54) is 4.40 Å². The average molecular weight is 176 g/mol. The van der Waals surface area contributed by atoms with Crippen molar-refractivity contribution in [2.45, 2.75) is 6.92 Å². The predicted octanol–water partition coefficient (Wildman–Crippen LogP) is 0.709.